The lowest BCUT2D eigenvalue weighted by Crippen LogP contribution is -2.21. The summed E-state index contributed by atoms with van der Waals surface area (Å²) >= 11 is 0. The van der Waals surface area contributed by atoms with Crippen LogP contribution >= 0.6 is 0 Å². The van der Waals surface area contributed by atoms with Crippen molar-refractivity contribution in [2.24, 2.45) is 0 Å². The Labute approximate surface area is 51.0 Å². The smallest absolute Gasteiger partial charge is 0.0575 e. The van der Waals surface area contributed by atoms with Gasteiger partial charge in [-0.2, -0.15) is 0 Å². The summed E-state index contributed by atoms with van der Waals surface area (Å²) in [6.45, 7) is 4.54. The van der Waals surface area contributed by atoms with Crippen LogP contribution in [0.3, 0.4) is 0 Å². The first-order valence-electron chi connectivity index (χ1n) is 3.34. The highest BCUT2D eigenvalue weighted by molar-refractivity contribution is 4.68. The number of rotatable bonds is 3. The Hall–Kier alpha value is -0.0400. The van der Waals surface area contributed by atoms with E-state index >= 15 is 0 Å². The molecule has 0 unspecified atom stereocenters. The van der Waals surface area contributed by atoms with Gasteiger partial charge in [-0.15, -0.1) is 0 Å². The van der Waals surface area contributed by atoms with Crippen LogP contribution in [0, 0.1) is 6.92 Å². The van der Waals surface area contributed by atoms with Crippen LogP contribution in [0.15, 0.2) is 0 Å². The summed E-state index contributed by atoms with van der Waals surface area (Å²) in [5, 5.41) is 0. The molecular weight excluding hydrogens is 100 g/mol. The lowest BCUT2D eigenvalue weighted by molar-refractivity contribution is 0.00474. The van der Waals surface area contributed by atoms with Crippen LogP contribution in [0.4, 0.5) is 0 Å². The van der Waals surface area contributed by atoms with E-state index in [-0.39, 0.29) is 0 Å². The highest BCUT2D eigenvalue weighted by Crippen LogP contribution is 2.21. The molecule has 0 spiro atoms. The zero-order valence-electron chi connectivity index (χ0n) is 5.23. The molecule has 1 aliphatic carbocycles. The minimum atomic E-state index is 0.594. The van der Waals surface area contributed by atoms with E-state index in [9.17, 15) is 0 Å². The van der Waals surface area contributed by atoms with Crippen molar-refractivity contribution in [3.05, 3.63) is 6.92 Å². The van der Waals surface area contributed by atoms with Gasteiger partial charge >= 0.3 is 0 Å². The Morgan fingerprint density at radius 1 is 1.50 bits per heavy atom. The molecule has 0 aromatic carbocycles. The van der Waals surface area contributed by atoms with Gasteiger partial charge in [-0.1, -0.05) is 6.92 Å². The predicted molar refractivity (Wildman–Crippen MR) is 33.6 cm³/mol. The van der Waals surface area contributed by atoms with Crippen molar-refractivity contribution in [1.82, 2.24) is 0 Å². The molecule has 1 fully saturated rings. The minimum absolute atomic E-state index is 0.594. The van der Waals surface area contributed by atoms with Crippen molar-refractivity contribution >= 4 is 0 Å². The zero-order valence-corrected chi connectivity index (χ0v) is 5.23. The van der Waals surface area contributed by atoms with E-state index in [2.05, 4.69) is 6.92 Å². The van der Waals surface area contributed by atoms with E-state index in [4.69, 9.17) is 4.74 Å². The second-order valence-electron chi connectivity index (χ2n) is 2.28. The quantitative estimate of drug-likeness (QED) is 0.542. The predicted octanol–water partition coefficient (Wildman–Crippen LogP) is 1.78. The van der Waals surface area contributed by atoms with Gasteiger partial charge in [0.2, 0.25) is 0 Å². The first-order valence-corrected chi connectivity index (χ1v) is 3.34. The largest absolute Gasteiger partial charge is 0.378 e. The summed E-state index contributed by atoms with van der Waals surface area (Å²) in [6.07, 6.45) is 5.43. The van der Waals surface area contributed by atoms with Crippen molar-refractivity contribution in [2.45, 2.75) is 31.8 Å². The SMILES string of the molecule is [CH2]CCOC1CCC1. The van der Waals surface area contributed by atoms with Gasteiger partial charge in [0.15, 0.2) is 0 Å². The van der Waals surface area contributed by atoms with Gasteiger partial charge in [0, 0.05) is 6.61 Å². The molecule has 1 radical (unpaired) electrons. The van der Waals surface area contributed by atoms with E-state index in [1.165, 1.54) is 19.3 Å². The topological polar surface area (TPSA) is 9.23 Å². The molecule has 1 heteroatoms. The Kier molecular flexibility index (Phi) is 2.34. The molecule has 1 nitrogen and oxygen atoms in total. The summed E-state index contributed by atoms with van der Waals surface area (Å²) in [6, 6.07) is 0. The maximum Gasteiger partial charge on any atom is 0.0575 e. The van der Waals surface area contributed by atoms with Crippen molar-refractivity contribution < 1.29 is 4.74 Å². The number of hydrogen-bond acceptors (Lipinski definition) is 1. The first-order chi connectivity index (χ1) is 3.93. The fourth-order valence-electron chi connectivity index (χ4n) is 0.787. The maximum absolute atomic E-state index is 5.36. The summed E-state index contributed by atoms with van der Waals surface area (Å²) < 4.78 is 5.36. The van der Waals surface area contributed by atoms with Gasteiger partial charge < -0.3 is 4.74 Å². The standard InChI is InChI=1S/C7H13O/c1-2-6-8-7-4-3-5-7/h7H,1-6H2. The summed E-state index contributed by atoms with van der Waals surface area (Å²) in [7, 11) is 0. The van der Waals surface area contributed by atoms with Crippen LogP contribution in [-0.4, -0.2) is 12.7 Å². The third-order valence-corrected chi connectivity index (χ3v) is 1.55. The van der Waals surface area contributed by atoms with Crippen LogP contribution in [0.1, 0.15) is 25.7 Å². The van der Waals surface area contributed by atoms with E-state index in [0.717, 1.165) is 13.0 Å². The van der Waals surface area contributed by atoms with Crippen LogP contribution < -0.4 is 0 Å². The van der Waals surface area contributed by atoms with Crippen LogP contribution in [0.25, 0.3) is 0 Å². The van der Waals surface area contributed by atoms with Crippen molar-refractivity contribution in [3.8, 4) is 0 Å². The molecule has 0 amide bonds. The van der Waals surface area contributed by atoms with Gasteiger partial charge in [-0.25, -0.2) is 0 Å². The van der Waals surface area contributed by atoms with Gasteiger partial charge in [0.1, 0.15) is 0 Å². The van der Waals surface area contributed by atoms with Crippen LogP contribution in [0.2, 0.25) is 0 Å². The van der Waals surface area contributed by atoms with E-state index < -0.39 is 0 Å². The molecule has 0 aliphatic heterocycles. The molecule has 0 heterocycles. The van der Waals surface area contributed by atoms with Gasteiger partial charge in [0.05, 0.1) is 6.10 Å². The first kappa shape index (κ1) is 6.09. The molecule has 8 heavy (non-hydrogen) atoms. The average molecular weight is 113 g/mol. The number of ether oxygens (including phenoxy) is 1. The Balaban J connectivity index is 1.86. The zero-order chi connectivity index (χ0) is 5.82. The molecule has 1 rings (SSSR count). The van der Waals surface area contributed by atoms with Crippen molar-refractivity contribution in [1.29, 1.82) is 0 Å². The molecule has 0 aromatic rings. The molecular formula is C7H13O. The average Bonchev–Trinajstić information content (AvgIpc) is 1.63. The Morgan fingerprint density at radius 3 is 2.62 bits per heavy atom. The van der Waals surface area contributed by atoms with E-state index in [1.54, 1.807) is 0 Å². The Bertz CT molecular complexity index is 57.4. The summed E-state index contributed by atoms with van der Waals surface area (Å²) in [4.78, 5) is 0. The highest BCUT2D eigenvalue weighted by atomic mass is 16.5. The summed E-state index contributed by atoms with van der Waals surface area (Å²) in [5.74, 6) is 0. The molecule has 1 saturated carbocycles. The molecule has 0 bridgehead atoms. The second-order valence-corrected chi connectivity index (χ2v) is 2.28. The summed E-state index contributed by atoms with van der Waals surface area (Å²) in [5.41, 5.74) is 0. The molecule has 0 saturated heterocycles. The molecule has 47 valence electrons. The van der Waals surface area contributed by atoms with Crippen LogP contribution in [0.5, 0.6) is 0 Å². The highest BCUT2D eigenvalue weighted by Gasteiger charge is 2.16. The second kappa shape index (κ2) is 3.08. The fraction of sp³-hybridized carbons (Fsp3) is 0.857. The molecule has 0 aromatic heterocycles. The fourth-order valence-corrected chi connectivity index (χ4v) is 0.787. The molecule has 0 atom stereocenters. The monoisotopic (exact) mass is 113 g/mol. The normalized spacial score (nSPS) is 20.6. The lowest BCUT2D eigenvalue weighted by Gasteiger charge is -2.24. The van der Waals surface area contributed by atoms with E-state index in [1.807, 2.05) is 0 Å². The van der Waals surface area contributed by atoms with E-state index in [0.29, 0.717) is 6.10 Å². The molecule has 0 N–H and O–H groups in total. The van der Waals surface area contributed by atoms with Gasteiger partial charge in [0.25, 0.3) is 0 Å². The molecule has 1 aliphatic rings. The number of hydrogen-bond donors (Lipinski definition) is 0. The Morgan fingerprint density at radius 2 is 2.25 bits per heavy atom. The van der Waals surface area contributed by atoms with Crippen molar-refractivity contribution in [2.75, 3.05) is 6.61 Å². The third-order valence-electron chi connectivity index (χ3n) is 1.55. The van der Waals surface area contributed by atoms with Crippen LogP contribution in [-0.2, 0) is 4.74 Å². The third kappa shape index (κ3) is 1.48. The van der Waals surface area contributed by atoms with Crippen molar-refractivity contribution in [3.63, 3.8) is 0 Å². The lowest BCUT2D eigenvalue weighted by atomic mass is 9.96. The minimum Gasteiger partial charge on any atom is -0.378 e. The van der Waals surface area contributed by atoms with Gasteiger partial charge in [-0.05, 0) is 25.7 Å². The van der Waals surface area contributed by atoms with Gasteiger partial charge in [-0.3, -0.25) is 0 Å². The maximum atomic E-state index is 5.36.